The average Bonchev–Trinajstić information content (AvgIpc) is 3.22. The molecule has 0 aliphatic carbocycles. The quantitative estimate of drug-likeness (QED) is 0.0212. The molecule has 358 valence electrons. The van der Waals surface area contributed by atoms with E-state index in [0.717, 1.165) is 51.4 Å². The number of hydrogen-bond acceptors (Lipinski definition) is 7. The molecule has 0 aromatic carbocycles. The molecule has 0 aromatic heterocycles. The van der Waals surface area contributed by atoms with Gasteiger partial charge in [-0.05, 0) is 44.9 Å². The van der Waals surface area contributed by atoms with Crippen molar-refractivity contribution in [3.05, 3.63) is 24.3 Å². The summed E-state index contributed by atoms with van der Waals surface area (Å²) in [7, 11) is 5.96. The maximum Gasteiger partial charge on any atom is 0.361 e. The fraction of sp³-hybridized carbons (Fsp3) is 0.865. The molecule has 61 heavy (non-hydrogen) atoms. The maximum absolute atomic E-state index is 12.8. The van der Waals surface area contributed by atoms with Crippen LogP contribution in [0.4, 0.5) is 0 Å². The number of carbonyl (C=O) groups is 3. The van der Waals surface area contributed by atoms with Gasteiger partial charge in [0.2, 0.25) is 0 Å². The van der Waals surface area contributed by atoms with Gasteiger partial charge in [0.05, 0.1) is 34.4 Å². The van der Waals surface area contributed by atoms with Crippen molar-refractivity contribution in [2.45, 2.75) is 245 Å². The molecule has 2 unspecified atom stereocenters. The number of carbonyl (C=O) groups excluding carboxylic acids is 2. The molecular weight excluding hydrogens is 767 g/mol. The number of carboxylic acid groups (broad SMARTS) is 1. The van der Waals surface area contributed by atoms with Crippen LogP contribution in [0, 0.1) is 0 Å². The third kappa shape index (κ3) is 45.6. The van der Waals surface area contributed by atoms with Crippen molar-refractivity contribution in [1.29, 1.82) is 0 Å². The van der Waals surface area contributed by atoms with Crippen LogP contribution in [0.2, 0.25) is 0 Å². The van der Waals surface area contributed by atoms with E-state index in [-0.39, 0.29) is 32.2 Å². The van der Waals surface area contributed by atoms with Gasteiger partial charge in [0.25, 0.3) is 6.29 Å². The van der Waals surface area contributed by atoms with Crippen molar-refractivity contribution in [3.63, 3.8) is 0 Å². The molecule has 0 saturated heterocycles. The largest absolute Gasteiger partial charge is 0.477 e. The molecule has 0 bridgehead atoms. The Hall–Kier alpha value is -2.23. The summed E-state index contributed by atoms with van der Waals surface area (Å²) in [5.74, 6) is -2.00. The zero-order valence-electron chi connectivity index (χ0n) is 40.6. The minimum absolute atomic E-state index is 0.181. The summed E-state index contributed by atoms with van der Waals surface area (Å²) in [6, 6.07) is 0. The molecule has 2 atom stereocenters. The van der Waals surface area contributed by atoms with E-state index in [4.69, 9.17) is 18.9 Å². The van der Waals surface area contributed by atoms with Gasteiger partial charge >= 0.3 is 17.9 Å². The highest BCUT2D eigenvalue weighted by atomic mass is 16.7. The second kappa shape index (κ2) is 44.4. The van der Waals surface area contributed by atoms with Crippen LogP contribution in [0.5, 0.6) is 0 Å². The lowest BCUT2D eigenvalue weighted by atomic mass is 10.0. The van der Waals surface area contributed by atoms with E-state index in [1.54, 1.807) is 0 Å². The van der Waals surface area contributed by atoms with Gasteiger partial charge in [-0.2, -0.15) is 0 Å². The average molecular weight is 865 g/mol. The Labute approximate surface area is 376 Å². The summed E-state index contributed by atoms with van der Waals surface area (Å²) in [5, 5.41) is 9.66. The van der Waals surface area contributed by atoms with Crippen molar-refractivity contribution in [3.8, 4) is 0 Å². The smallest absolute Gasteiger partial charge is 0.361 e. The lowest BCUT2D eigenvalue weighted by molar-refractivity contribution is -0.870. The standard InChI is InChI=1S/C52H97NO8/c1-6-8-10-12-14-16-18-20-22-24-26-28-30-32-34-36-38-40-42-49(54)59-46-48(47-60-52(51(56)57)58-45-44-53(3,4)5)61-50(55)43-41-39-37-35-33-31-29-27-25-23-21-19-17-15-13-11-9-7-2/h17,19,23,25,48,52H,6-16,18,20-22,24,26-47H2,1-5H3/p+1/b19-17-,25-23-. The summed E-state index contributed by atoms with van der Waals surface area (Å²) in [6.45, 7) is 4.88. The SMILES string of the molecule is CCCCCC/C=C\C/C=C\CCCCCCCCCC(=O)OC(COC(=O)CCCCCCCCCCCCCCCCCCCC)COC(OCC[N+](C)(C)C)C(=O)O. The number of carboxylic acids is 1. The topological polar surface area (TPSA) is 108 Å². The van der Waals surface area contributed by atoms with Crippen LogP contribution in [-0.2, 0) is 33.3 Å². The molecule has 0 rings (SSSR count). The zero-order valence-corrected chi connectivity index (χ0v) is 40.6. The predicted octanol–water partition coefficient (Wildman–Crippen LogP) is 14.0. The lowest BCUT2D eigenvalue weighted by Gasteiger charge is -2.25. The molecule has 0 heterocycles. The predicted molar refractivity (Wildman–Crippen MR) is 254 cm³/mol. The van der Waals surface area contributed by atoms with E-state index < -0.39 is 24.3 Å². The summed E-state index contributed by atoms with van der Waals surface area (Å²) in [4.78, 5) is 37.3. The molecule has 9 nitrogen and oxygen atoms in total. The fourth-order valence-electron chi connectivity index (χ4n) is 7.22. The normalized spacial score (nSPS) is 13.0. The first-order valence-corrected chi connectivity index (χ1v) is 25.5. The van der Waals surface area contributed by atoms with Gasteiger partial charge in [0.15, 0.2) is 6.10 Å². The first-order chi connectivity index (χ1) is 29.6. The summed E-state index contributed by atoms with van der Waals surface area (Å²) < 4.78 is 22.8. The van der Waals surface area contributed by atoms with Crippen LogP contribution in [0.25, 0.3) is 0 Å². The Balaban J connectivity index is 4.34. The van der Waals surface area contributed by atoms with Crippen LogP contribution in [-0.4, -0.2) is 87.4 Å². The first kappa shape index (κ1) is 58.8. The first-order valence-electron chi connectivity index (χ1n) is 25.5. The molecule has 0 aliphatic rings. The van der Waals surface area contributed by atoms with E-state index >= 15 is 0 Å². The van der Waals surface area contributed by atoms with E-state index in [1.165, 1.54) is 148 Å². The fourth-order valence-corrected chi connectivity index (χ4v) is 7.22. The summed E-state index contributed by atoms with van der Waals surface area (Å²) >= 11 is 0. The van der Waals surface area contributed by atoms with Crippen LogP contribution in [0.15, 0.2) is 24.3 Å². The summed E-state index contributed by atoms with van der Waals surface area (Å²) in [6.07, 6.45) is 46.6. The van der Waals surface area contributed by atoms with Crippen molar-refractivity contribution < 1.29 is 42.9 Å². The Bertz CT molecular complexity index is 1050. The number of ether oxygens (including phenoxy) is 4. The van der Waals surface area contributed by atoms with Gasteiger partial charge in [0.1, 0.15) is 13.2 Å². The van der Waals surface area contributed by atoms with E-state index in [9.17, 15) is 19.5 Å². The monoisotopic (exact) mass is 865 g/mol. The maximum atomic E-state index is 12.8. The minimum atomic E-state index is -1.51. The lowest BCUT2D eigenvalue weighted by Crippen LogP contribution is -2.40. The highest BCUT2D eigenvalue weighted by Crippen LogP contribution is 2.16. The third-order valence-electron chi connectivity index (χ3n) is 11.2. The van der Waals surface area contributed by atoms with Gasteiger partial charge in [-0.25, -0.2) is 4.79 Å². The molecule has 0 amide bonds. The molecule has 0 spiro atoms. The van der Waals surface area contributed by atoms with Crippen LogP contribution >= 0.6 is 0 Å². The second-order valence-corrected chi connectivity index (χ2v) is 18.5. The third-order valence-corrected chi connectivity index (χ3v) is 11.2. The van der Waals surface area contributed by atoms with Crippen LogP contribution in [0.3, 0.4) is 0 Å². The number of unbranched alkanes of at least 4 members (excludes halogenated alkanes) is 28. The number of hydrogen-bond donors (Lipinski definition) is 1. The number of likely N-dealkylation sites (N-methyl/N-ethyl adjacent to an activating group) is 1. The van der Waals surface area contributed by atoms with E-state index in [1.807, 2.05) is 21.1 Å². The number of aliphatic carboxylic acids is 1. The van der Waals surface area contributed by atoms with Crippen molar-refractivity contribution in [2.24, 2.45) is 0 Å². The Morgan fingerprint density at radius 1 is 0.492 bits per heavy atom. The number of nitrogens with zero attached hydrogens (tertiary/aromatic N) is 1. The second-order valence-electron chi connectivity index (χ2n) is 18.5. The van der Waals surface area contributed by atoms with Gasteiger partial charge in [-0.15, -0.1) is 0 Å². The molecule has 0 aliphatic heterocycles. The van der Waals surface area contributed by atoms with Gasteiger partial charge < -0.3 is 28.5 Å². The zero-order chi connectivity index (χ0) is 44.9. The van der Waals surface area contributed by atoms with Crippen LogP contribution < -0.4 is 0 Å². The highest BCUT2D eigenvalue weighted by Gasteiger charge is 2.25. The Morgan fingerprint density at radius 3 is 1.31 bits per heavy atom. The Morgan fingerprint density at radius 2 is 0.885 bits per heavy atom. The molecular formula is C52H98NO8+. The highest BCUT2D eigenvalue weighted by molar-refractivity contribution is 5.71. The number of allylic oxidation sites excluding steroid dienone is 4. The van der Waals surface area contributed by atoms with Gasteiger partial charge in [-0.3, -0.25) is 9.59 Å². The molecule has 0 radical (unpaired) electrons. The number of esters is 2. The van der Waals surface area contributed by atoms with Crippen molar-refractivity contribution in [1.82, 2.24) is 0 Å². The van der Waals surface area contributed by atoms with Gasteiger partial charge in [-0.1, -0.05) is 199 Å². The number of rotatable bonds is 47. The molecule has 9 heteroatoms. The van der Waals surface area contributed by atoms with Gasteiger partial charge in [0, 0.05) is 12.8 Å². The number of quaternary nitrogens is 1. The van der Waals surface area contributed by atoms with Crippen molar-refractivity contribution in [2.75, 3.05) is 47.5 Å². The molecule has 0 saturated carbocycles. The molecule has 1 N–H and O–H groups in total. The van der Waals surface area contributed by atoms with Crippen molar-refractivity contribution >= 4 is 17.9 Å². The minimum Gasteiger partial charge on any atom is -0.477 e. The molecule has 0 aromatic rings. The van der Waals surface area contributed by atoms with Crippen LogP contribution in [0.1, 0.15) is 232 Å². The van der Waals surface area contributed by atoms with E-state index in [0.29, 0.717) is 23.9 Å². The molecule has 0 fully saturated rings. The Kier molecular flexibility index (Phi) is 42.8. The summed E-state index contributed by atoms with van der Waals surface area (Å²) in [5.41, 5.74) is 0. The van der Waals surface area contributed by atoms with E-state index in [2.05, 4.69) is 38.2 Å².